The normalized spacial score (nSPS) is 21.3. The van der Waals surface area contributed by atoms with Gasteiger partial charge in [0, 0.05) is 31.5 Å². The van der Waals surface area contributed by atoms with Crippen LogP contribution in [0.15, 0.2) is 75.7 Å². The van der Waals surface area contributed by atoms with Crippen molar-refractivity contribution < 1.29 is 0 Å². The fraction of sp³-hybridized carbons (Fsp3) is 0.308. The highest BCUT2D eigenvalue weighted by Crippen LogP contribution is 2.60. The van der Waals surface area contributed by atoms with Gasteiger partial charge >= 0.3 is 0 Å². The number of nitrogens with zero attached hydrogens (tertiary/aromatic N) is 1. The average molecular weight is 528 g/mol. The Hall–Kier alpha value is -1.62. The van der Waals surface area contributed by atoms with Crippen molar-refractivity contribution in [2.75, 3.05) is 4.90 Å². The van der Waals surface area contributed by atoms with Gasteiger partial charge in [0.2, 0.25) is 0 Å². The van der Waals surface area contributed by atoms with Gasteiger partial charge in [-0.2, -0.15) is 0 Å². The molecule has 1 aliphatic carbocycles. The molecule has 0 spiro atoms. The van der Waals surface area contributed by atoms with Crippen LogP contribution < -0.4 is 10.6 Å². The predicted molar refractivity (Wildman–Crippen MR) is 135 cm³/mol. The molecule has 4 heteroatoms. The van der Waals surface area contributed by atoms with E-state index in [0.717, 1.165) is 26.0 Å². The summed E-state index contributed by atoms with van der Waals surface area (Å²) in [6.45, 7) is 11.4. The van der Waals surface area contributed by atoms with Crippen LogP contribution in [0.5, 0.6) is 0 Å². The van der Waals surface area contributed by atoms with Crippen LogP contribution in [0, 0.1) is 5.41 Å². The minimum Gasteiger partial charge on any atom is -0.321 e. The number of rotatable bonds is 3. The van der Waals surface area contributed by atoms with Crippen LogP contribution in [-0.2, 0) is 11.0 Å². The van der Waals surface area contributed by atoms with Gasteiger partial charge in [0.1, 0.15) is 0 Å². The summed E-state index contributed by atoms with van der Waals surface area (Å²) in [6.07, 6.45) is 0. The molecule has 0 bridgehead atoms. The van der Waals surface area contributed by atoms with Crippen molar-refractivity contribution in [3.8, 4) is 0 Å². The number of hydrogen-bond acceptors (Lipinski definition) is 2. The summed E-state index contributed by atoms with van der Waals surface area (Å²) in [6, 6.07) is 23.6. The molecule has 3 aromatic rings. The Morgan fingerprint density at radius 2 is 1.07 bits per heavy atom. The Morgan fingerprint density at radius 3 is 1.53 bits per heavy atom. The Kier molecular flexibility index (Phi) is 5.20. The number of halogens is 2. The average Bonchev–Trinajstić information content (AvgIpc) is 2.80. The zero-order chi connectivity index (χ0) is 21.9. The van der Waals surface area contributed by atoms with Crippen molar-refractivity contribution in [2.24, 2.45) is 11.1 Å². The van der Waals surface area contributed by atoms with Crippen molar-refractivity contribution >= 4 is 48.9 Å². The van der Waals surface area contributed by atoms with Crippen molar-refractivity contribution in [1.29, 1.82) is 0 Å². The first-order valence-corrected chi connectivity index (χ1v) is 11.8. The Bertz CT molecular complexity index is 1040. The summed E-state index contributed by atoms with van der Waals surface area (Å²) >= 11 is 7.12. The largest absolute Gasteiger partial charge is 0.321 e. The van der Waals surface area contributed by atoms with Crippen molar-refractivity contribution in [1.82, 2.24) is 0 Å². The molecule has 0 aliphatic heterocycles. The van der Waals surface area contributed by atoms with E-state index in [1.807, 2.05) is 0 Å². The maximum absolute atomic E-state index is 6.90. The van der Waals surface area contributed by atoms with Gasteiger partial charge in [-0.05, 0) is 89.5 Å². The second kappa shape index (κ2) is 7.22. The summed E-state index contributed by atoms with van der Waals surface area (Å²) in [5.41, 5.74) is 12.3. The Labute approximate surface area is 196 Å². The highest BCUT2D eigenvalue weighted by molar-refractivity contribution is 9.10. The molecule has 0 amide bonds. The smallest absolute Gasteiger partial charge is 0.0464 e. The molecule has 0 fully saturated rings. The fourth-order valence-electron chi connectivity index (χ4n) is 4.59. The van der Waals surface area contributed by atoms with Crippen LogP contribution in [-0.4, -0.2) is 0 Å². The maximum Gasteiger partial charge on any atom is 0.0464 e. The molecular weight excluding hydrogens is 500 g/mol. The van der Waals surface area contributed by atoms with Crippen molar-refractivity contribution in [3.63, 3.8) is 0 Å². The molecule has 156 valence electrons. The van der Waals surface area contributed by atoms with E-state index in [1.54, 1.807) is 0 Å². The summed E-state index contributed by atoms with van der Waals surface area (Å²) < 4.78 is 2.13. The van der Waals surface area contributed by atoms with Gasteiger partial charge in [0.15, 0.2) is 0 Å². The standard InChI is InChI=1S/C26H28Br2N2/c1-24(2)23-16-21(14-15-22(23)26(5,29)25(24,3)4)30(19-10-6-17(27)7-11-19)20-12-8-18(28)9-13-20/h6-16H,29H2,1-5H3. The lowest BCUT2D eigenvalue weighted by atomic mass is 9.62. The molecule has 1 atom stereocenters. The number of hydrogen-bond donors (Lipinski definition) is 1. The van der Waals surface area contributed by atoms with Crippen molar-refractivity contribution in [3.05, 3.63) is 86.8 Å². The molecule has 4 rings (SSSR count). The van der Waals surface area contributed by atoms with Gasteiger partial charge in [-0.25, -0.2) is 0 Å². The highest BCUT2D eigenvalue weighted by Gasteiger charge is 2.57. The fourth-order valence-corrected chi connectivity index (χ4v) is 5.12. The number of anilines is 3. The van der Waals surface area contributed by atoms with Gasteiger partial charge in [0.25, 0.3) is 0 Å². The lowest BCUT2D eigenvalue weighted by molar-refractivity contribution is 0.116. The molecule has 0 radical (unpaired) electrons. The van der Waals surface area contributed by atoms with Gasteiger partial charge in [-0.3, -0.25) is 0 Å². The van der Waals surface area contributed by atoms with Gasteiger partial charge in [-0.15, -0.1) is 0 Å². The third-order valence-electron chi connectivity index (χ3n) is 7.52. The van der Waals surface area contributed by atoms with Gasteiger partial charge in [-0.1, -0.05) is 65.6 Å². The topological polar surface area (TPSA) is 29.3 Å². The third kappa shape index (κ3) is 3.16. The van der Waals surface area contributed by atoms with E-state index in [9.17, 15) is 0 Å². The van der Waals surface area contributed by atoms with Crippen LogP contribution in [0.4, 0.5) is 17.1 Å². The number of fused-ring (bicyclic) bond motifs is 1. The lowest BCUT2D eigenvalue weighted by Gasteiger charge is -2.44. The first kappa shape index (κ1) is 21.6. The monoisotopic (exact) mass is 526 g/mol. The molecule has 1 unspecified atom stereocenters. The molecule has 3 aromatic carbocycles. The summed E-state index contributed by atoms with van der Waals surface area (Å²) in [5, 5.41) is 0. The summed E-state index contributed by atoms with van der Waals surface area (Å²) in [5.74, 6) is 0. The van der Waals surface area contributed by atoms with E-state index in [-0.39, 0.29) is 16.4 Å². The summed E-state index contributed by atoms with van der Waals surface area (Å²) in [4.78, 5) is 2.30. The molecule has 30 heavy (non-hydrogen) atoms. The van der Waals surface area contributed by atoms with Crippen LogP contribution in [0.2, 0.25) is 0 Å². The molecule has 1 aliphatic rings. The Morgan fingerprint density at radius 1 is 0.633 bits per heavy atom. The molecule has 2 nitrogen and oxygen atoms in total. The van der Waals surface area contributed by atoms with Crippen LogP contribution in [0.1, 0.15) is 45.7 Å². The predicted octanol–water partition coefficient (Wildman–Crippen LogP) is 8.17. The van der Waals surface area contributed by atoms with E-state index in [1.165, 1.54) is 11.1 Å². The SMILES string of the molecule is CC1(C)c2cc(N(c3ccc(Br)cc3)c3ccc(Br)cc3)ccc2C(C)(N)C1(C)C. The zero-order valence-electron chi connectivity index (χ0n) is 18.1. The minimum atomic E-state index is -0.385. The molecule has 0 saturated carbocycles. The first-order valence-electron chi connectivity index (χ1n) is 10.2. The summed E-state index contributed by atoms with van der Waals surface area (Å²) in [7, 11) is 0. The van der Waals surface area contributed by atoms with E-state index in [0.29, 0.717) is 0 Å². The maximum atomic E-state index is 6.90. The molecule has 2 N–H and O–H groups in total. The second-order valence-corrected chi connectivity index (χ2v) is 11.3. The third-order valence-corrected chi connectivity index (χ3v) is 8.58. The van der Waals surface area contributed by atoms with E-state index >= 15 is 0 Å². The minimum absolute atomic E-state index is 0.0487. The van der Waals surface area contributed by atoms with Crippen LogP contribution in [0.25, 0.3) is 0 Å². The number of nitrogens with two attached hydrogens (primary N) is 1. The molecular formula is C26H28Br2N2. The van der Waals surface area contributed by atoms with Crippen LogP contribution in [0.3, 0.4) is 0 Å². The number of benzene rings is 3. The highest BCUT2D eigenvalue weighted by atomic mass is 79.9. The molecule has 0 saturated heterocycles. The van der Waals surface area contributed by atoms with Gasteiger partial charge in [0.05, 0.1) is 0 Å². The quantitative estimate of drug-likeness (QED) is 0.372. The van der Waals surface area contributed by atoms with E-state index in [2.05, 4.69) is 138 Å². The van der Waals surface area contributed by atoms with E-state index in [4.69, 9.17) is 5.73 Å². The van der Waals surface area contributed by atoms with E-state index < -0.39 is 0 Å². The second-order valence-electron chi connectivity index (χ2n) is 9.47. The van der Waals surface area contributed by atoms with Crippen LogP contribution >= 0.6 is 31.9 Å². The Balaban J connectivity index is 1.92. The lowest BCUT2D eigenvalue weighted by Crippen LogP contribution is -2.49. The van der Waals surface area contributed by atoms with Crippen molar-refractivity contribution in [2.45, 2.75) is 45.6 Å². The molecule has 0 aromatic heterocycles. The van der Waals surface area contributed by atoms with Gasteiger partial charge < -0.3 is 10.6 Å². The first-order chi connectivity index (χ1) is 14.0. The zero-order valence-corrected chi connectivity index (χ0v) is 21.3. The molecule has 0 heterocycles.